The molecule has 0 atom stereocenters. The van der Waals surface area contributed by atoms with Crippen LogP contribution in [-0.4, -0.2) is 11.3 Å². The van der Waals surface area contributed by atoms with Crippen molar-refractivity contribution in [3.05, 3.63) is 89.8 Å². The SMILES string of the molecule is Oc1c(/C=N\N(c2ccccc2)c2ccccc2)sc2ccccc12. The summed E-state index contributed by atoms with van der Waals surface area (Å²) in [5.41, 5.74) is 1.93. The molecule has 0 saturated heterocycles. The fourth-order valence-electron chi connectivity index (χ4n) is 2.67. The van der Waals surface area contributed by atoms with Crippen LogP contribution in [0.1, 0.15) is 4.88 Å². The molecule has 0 aliphatic rings. The third-order valence-corrected chi connectivity index (χ3v) is 4.98. The van der Waals surface area contributed by atoms with E-state index in [2.05, 4.69) is 5.10 Å². The Labute approximate surface area is 150 Å². The topological polar surface area (TPSA) is 35.8 Å². The van der Waals surface area contributed by atoms with E-state index < -0.39 is 0 Å². The lowest BCUT2D eigenvalue weighted by molar-refractivity contribution is 0.483. The van der Waals surface area contributed by atoms with Crippen LogP contribution in [0.3, 0.4) is 0 Å². The molecule has 0 fully saturated rings. The van der Waals surface area contributed by atoms with E-state index in [9.17, 15) is 5.11 Å². The van der Waals surface area contributed by atoms with E-state index in [0.29, 0.717) is 0 Å². The Hall–Kier alpha value is -3.11. The normalized spacial score (nSPS) is 11.2. The second kappa shape index (κ2) is 6.79. The smallest absolute Gasteiger partial charge is 0.143 e. The fraction of sp³-hybridized carbons (Fsp3) is 0. The first-order valence-electron chi connectivity index (χ1n) is 7.97. The molecule has 0 radical (unpaired) electrons. The summed E-state index contributed by atoms with van der Waals surface area (Å²) in [6.07, 6.45) is 1.72. The minimum Gasteiger partial charge on any atom is -0.506 e. The van der Waals surface area contributed by atoms with Gasteiger partial charge >= 0.3 is 0 Å². The standard InChI is InChI=1S/C21H16N2OS/c24-21-18-13-7-8-14-19(18)25-20(21)15-22-23(16-9-3-1-4-10-16)17-11-5-2-6-12-17/h1-15,24H/b22-15-. The number of fused-ring (bicyclic) bond motifs is 1. The van der Waals surface area contributed by atoms with E-state index >= 15 is 0 Å². The Kier molecular flexibility index (Phi) is 4.19. The average Bonchev–Trinajstić information content (AvgIpc) is 3.00. The number of hydrazone groups is 1. The maximum absolute atomic E-state index is 10.4. The Morgan fingerprint density at radius 2 is 1.32 bits per heavy atom. The van der Waals surface area contributed by atoms with Crippen LogP contribution in [0.15, 0.2) is 90.0 Å². The van der Waals surface area contributed by atoms with Gasteiger partial charge in [-0.05, 0) is 36.4 Å². The molecule has 3 nitrogen and oxygen atoms in total. The van der Waals surface area contributed by atoms with Crippen molar-refractivity contribution in [2.24, 2.45) is 5.10 Å². The predicted molar refractivity (Wildman–Crippen MR) is 106 cm³/mol. The molecular weight excluding hydrogens is 328 g/mol. The Balaban J connectivity index is 1.75. The molecule has 0 spiro atoms. The average molecular weight is 344 g/mol. The van der Waals surface area contributed by atoms with Crippen LogP contribution in [0, 0.1) is 0 Å². The van der Waals surface area contributed by atoms with Crippen LogP contribution in [-0.2, 0) is 0 Å². The molecule has 0 unspecified atom stereocenters. The summed E-state index contributed by atoms with van der Waals surface area (Å²) in [6.45, 7) is 0. The Bertz CT molecular complexity index is 970. The molecule has 4 aromatic rings. The van der Waals surface area contributed by atoms with Crippen molar-refractivity contribution in [3.8, 4) is 5.75 Å². The van der Waals surface area contributed by atoms with Crippen molar-refractivity contribution < 1.29 is 5.11 Å². The number of anilines is 2. The number of aromatic hydroxyl groups is 1. The quantitative estimate of drug-likeness (QED) is 0.376. The second-order valence-electron chi connectivity index (χ2n) is 5.54. The van der Waals surface area contributed by atoms with Gasteiger partial charge in [0.25, 0.3) is 0 Å². The van der Waals surface area contributed by atoms with E-state index in [1.807, 2.05) is 89.9 Å². The van der Waals surface area contributed by atoms with E-state index in [0.717, 1.165) is 26.3 Å². The number of hydrogen-bond donors (Lipinski definition) is 1. The zero-order valence-corrected chi connectivity index (χ0v) is 14.2. The van der Waals surface area contributed by atoms with Crippen molar-refractivity contribution >= 4 is 39.0 Å². The van der Waals surface area contributed by atoms with Crippen molar-refractivity contribution in [2.45, 2.75) is 0 Å². The molecular formula is C21H16N2OS. The lowest BCUT2D eigenvalue weighted by Crippen LogP contribution is -2.08. The van der Waals surface area contributed by atoms with Gasteiger partial charge in [-0.3, -0.25) is 0 Å². The van der Waals surface area contributed by atoms with Crippen molar-refractivity contribution in [2.75, 3.05) is 5.01 Å². The molecule has 0 aliphatic heterocycles. The maximum Gasteiger partial charge on any atom is 0.143 e. The fourth-order valence-corrected chi connectivity index (χ4v) is 3.63. The van der Waals surface area contributed by atoms with Gasteiger partial charge in [0.05, 0.1) is 22.5 Å². The van der Waals surface area contributed by atoms with Gasteiger partial charge in [-0.1, -0.05) is 48.5 Å². The maximum atomic E-state index is 10.4. The summed E-state index contributed by atoms with van der Waals surface area (Å²) < 4.78 is 1.05. The van der Waals surface area contributed by atoms with Crippen LogP contribution in [0.4, 0.5) is 11.4 Å². The summed E-state index contributed by atoms with van der Waals surface area (Å²) in [6, 6.07) is 27.8. The highest BCUT2D eigenvalue weighted by Gasteiger charge is 2.11. The lowest BCUT2D eigenvalue weighted by Gasteiger charge is -2.18. The van der Waals surface area contributed by atoms with Gasteiger partial charge in [-0.2, -0.15) is 5.10 Å². The van der Waals surface area contributed by atoms with Crippen LogP contribution in [0.2, 0.25) is 0 Å². The van der Waals surface area contributed by atoms with Crippen molar-refractivity contribution in [1.82, 2.24) is 0 Å². The highest BCUT2D eigenvalue weighted by atomic mass is 32.1. The second-order valence-corrected chi connectivity index (χ2v) is 6.62. The monoisotopic (exact) mass is 344 g/mol. The third-order valence-electron chi connectivity index (χ3n) is 3.89. The number of nitrogens with zero attached hydrogens (tertiary/aromatic N) is 2. The zero-order chi connectivity index (χ0) is 17.1. The first kappa shape index (κ1) is 15.4. The first-order valence-corrected chi connectivity index (χ1v) is 8.79. The number of thiophene rings is 1. The summed E-state index contributed by atoms with van der Waals surface area (Å²) in [5.74, 6) is 0.283. The number of rotatable bonds is 4. The van der Waals surface area contributed by atoms with Crippen molar-refractivity contribution in [1.29, 1.82) is 0 Å². The minimum absolute atomic E-state index is 0.283. The van der Waals surface area contributed by atoms with Gasteiger partial charge in [-0.25, -0.2) is 5.01 Å². The number of hydrogen-bond acceptors (Lipinski definition) is 4. The van der Waals surface area contributed by atoms with Gasteiger partial charge in [0, 0.05) is 10.1 Å². The molecule has 25 heavy (non-hydrogen) atoms. The molecule has 0 aliphatic carbocycles. The lowest BCUT2D eigenvalue weighted by atomic mass is 10.2. The summed E-state index contributed by atoms with van der Waals surface area (Å²) in [4.78, 5) is 0.748. The molecule has 4 rings (SSSR count). The largest absolute Gasteiger partial charge is 0.506 e. The molecule has 3 aromatic carbocycles. The predicted octanol–water partition coefficient (Wildman–Crippen LogP) is 5.78. The zero-order valence-electron chi connectivity index (χ0n) is 13.4. The van der Waals surface area contributed by atoms with Gasteiger partial charge < -0.3 is 5.11 Å². The highest BCUT2D eigenvalue weighted by Crippen LogP contribution is 2.35. The summed E-state index contributed by atoms with van der Waals surface area (Å²) >= 11 is 1.53. The van der Waals surface area contributed by atoms with E-state index in [1.165, 1.54) is 11.3 Å². The number of benzene rings is 3. The van der Waals surface area contributed by atoms with Crippen LogP contribution in [0.25, 0.3) is 10.1 Å². The third kappa shape index (κ3) is 3.12. The first-order chi connectivity index (χ1) is 12.3. The highest BCUT2D eigenvalue weighted by molar-refractivity contribution is 7.21. The van der Waals surface area contributed by atoms with E-state index in [-0.39, 0.29) is 5.75 Å². The van der Waals surface area contributed by atoms with Crippen LogP contribution >= 0.6 is 11.3 Å². The van der Waals surface area contributed by atoms with Gasteiger partial charge in [-0.15, -0.1) is 11.3 Å². The molecule has 122 valence electrons. The summed E-state index contributed by atoms with van der Waals surface area (Å²) in [7, 11) is 0. The molecule has 1 aromatic heterocycles. The van der Waals surface area contributed by atoms with Gasteiger partial charge in [0.2, 0.25) is 0 Å². The van der Waals surface area contributed by atoms with Crippen molar-refractivity contribution in [3.63, 3.8) is 0 Å². The Morgan fingerprint density at radius 1 is 0.760 bits per heavy atom. The van der Waals surface area contributed by atoms with Gasteiger partial charge in [0.15, 0.2) is 0 Å². The number of para-hydroxylation sites is 2. The van der Waals surface area contributed by atoms with E-state index in [1.54, 1.807) is 6.21 Å². The minimum atomic E-state index is 0.283. The Morgan fingerprint density at radius 3 is 1.92 bits per heavy atom. The van der Waals surface area contributed by atoms with Gasteiger partial charge in [0.1, 0.15) is 5.75 Å². The van der Waals surface area contributed by atoms with E-state index in [4.69, 9.17) is 0 Å². The molecule has 0 saturated carbocycles. The molecule has 4 heteroatoms. The molecule has 1 N–H and O–H groups in total. The van der Waals surface area contributed by atoms with Crippen LogP contribution < -0.4 is 5.01 Å². The molecule has 0 amide bonds. The summed E-state index contributed by atoms with van der Waals surface area (Å²) in [5, 5.41) is 17.8. The van der Waals surface area contributed by atoms with Crippen LogP contribution in [0.5, 0.6) is 5.75 Å². The molecule has 0 bridgehead atoms. The molecule has 1 heterocycles.